The predicted octanol–water partition coefficient (Wildman–Crippen LogP) is 1.41. The van der Waals surface area contributed by atoms with Crippen molar-refractivity contribution in [2.45, 2.75) is 110 Å². The van der Waals surface area contributed by atoms with Gasteiger partial charge in [-0.3, -0.25) is 9.59 Å². The van der Waals surface area contributed by atoms with E-state index in [2.05, 4.69) is 22.1 Å². The highest BCUT2D eigenvalue weighted by Crippen LogP contribution is 2.63. The molecule has 20 nitrogen and oxygen atoms in total. The van der Waals surface area contributed by atoms with Crippen LogP contribution in [0.3, 0.4) is 0 Å². The van der Waals surface area contributed by atoms with E-state index in [1.54, 1.807) is 18.3 Å². The number of aromatic amines is 1. The van der Waals surface area contributed by atoms with Crippen LogP contribution in [0, 0.1) is 17.8 Å². The highest BCUT2D eigenvalue weighted by molar-refractivity contribution is 5.90. The summed E-state index contributed by atoms with van der Waals surface area (Å²) in [6, 6.07) is 16.5. The number of nitrogens with two attached hydrogens (primary N) is 1. The Hall–Kier alpha value is -6.80. The fourth-order valence-corrected chi connectivity index (χ4v) is 12.3. The maximum atomic E-state index is 13.1. The summed E-state index contributed by atoms with van der Waals surface area (Å²) in [6.45, 7) is -1.17. The van der Waals surface area contributed by atoms with Gasteiger partial charge < -0.3 is 89.5 Å². The van der Waals surface area contributed by atoms with Crippen molar-refractivity contribution in [1.29, 1.82) is 0 Å². The van der Waals surface area contributed by atoms with Gasteiger partial charge in [0.1, 0.15) is 60.7 Å². The molecule has 11 N–H and O–H groups in total. The number of aromatic nitrogens is 2. The summed E-state index contributed by atoms with van der Waals surface area (Å²) in [5.41, 5.74) is 4.17. The third-order valence-electron chi connectivity index (χ3n) is 15.5. The van der Waals surface area contributed by atoms with Gasteiger partial charge in [-0.1, -0.05) is 48.2 Å². The number of hydrogen-bond donors (Lipinski definition) is 10. The number of carbonyl (C=O) groups is 2. The van der Waals surface area contributed by atoms with Crippen molar-refractivity contribution in [2.24, 2.45) is 11.7 Å². The van der Waals surface area contributed by atoms with Gasteiger partial charge in [0.2, 0.25) is 12.0 Å². The van der Waals surface area contributed by atoms with Crippen molar-refractivity contribution in [3.63, 3.8) is 0 Å². The molecule has 1 spiro atoms. The first kappa shape index (κ1) is 45.3. The maximum Gasteiger partial charge on any atom is 0.317 e. The van der Waals surface area contributed by atoms with Crippen molar-refractivity contribution in [2.75, 3.05) is 13.4 Å². The minimum absolute atomic E-state index is 0.0581. The van der Waals surface area contributed by atoms with Crippen LogP contribution in [0.4, 0.5) is 0 Å². The number of rotatable bonds is 9. The van der Waals surface area contributed by atoms with E-state index in [0.29, 0.717) is 39.4 Å². The first-order valence-electron chi connectivity index (χ1n) is 23.4. The van der Waals surface area contributed by atoms with Crippen LogP contribution in [0.25, 0.3) is 10.9 Å². The van der Waals surface area contributed by atoms with E-state index < -0.39 is 103 Å². The number of aliphatic hydroxyl groups excluding tert-OH is 4. The minimum Gasteiger partial charge on any atom is -0.487 e. The molecule has 1 saturated heterocycles. The second kappa shape index (κ2) is 16.6. The van der Waals surface area contributed by atoms with E-state index in [-0.39, 0.29) is 56.3 Å². The molecule has 13 atom stereocenters. The van der Waals surface area contributed by atoms with Crippen LogP contribution in [-0.4, -0.2) is 124 Å². The Morgan fingerprint density at radius 1 is 1.00 bits per heavy atom. The number of carboxylic acid groups (broad SMARTS) is 1. The normalized spacial score (nSPS) is 33.5. The fourth-order valence-electron chi connectivity index (χ4n) is 12.3. The number of carboxylic acids is 1. The third kappa shape index (κ3) is 6.68. The summed E-state index contributed by atoms with van der Waals surface area (Å²) in [7, 11) is 0. The van der Waals surface area contributed by atoms with Crippen LogP contribution < -0.4 is 34.7 Å². The summed E-state index contributed by atoms with van der Waals surface area (Å²) in [4.78, 5) is 27.9. The van der Waals surface area contributed by atoms with Crippen molar-refractivity contribution < 1.29 is 78.5 Å². The summed E-state index contributed by atoms with van der Waals surface area (Å²) in [5, 5.41) is 83.4. The third-order valence-corrected chi connectivity index (χ3v) is 15.5. The van der Waals surface area contributed by atoms with Crippen LogP contribution in [0.1, 0.15) is 70.7 Å². The summed E-state index contributed by atoms with van der Waals surface area (Å²) in [6.07, 6.45) is -4.32. The molecule has 0 amide bonds. The fraction of sp³-hybridized carbons (Fsp3) is 0.412. The van der Waals surface area contributed by atoms with E-state index in [1.165, 1.54) is 12.3 Å². The van der Waals surface area contributed by atoms with E-state index in [4.69, 9.17) is 38.9 Å². The summed E-state index contributed by atoms with van der Waals surface area (Å²) >= 11 is 0. The standard InChI is InChI=1S/C51H50N4O16/c52-46-45(69-37(61)18-36(59)60)50(13-15-54-46)49(63)12-10-26-16-30-31(20-55-19-25-11-14-53-40(25)32(55)21-56)38-35(17-34(30)68-48(71-50)51(26,64)47(49)62)67-41-28(24-4-2-1-3-5-24)7-6-27(58)22-65-43-33(66-23-57)9-8-29-39(41)44(38)70-42(29)43/h1-5,8-9,11,13-15,17,19,26-28,39,41,44-48,53-54,56-58,62-64H,10,12,16,18,20-23,52H2,(H,59,60)/t26-,27-,28-,39+,41-,44-,45+,46-,47-,48+,49-,50+,51+/m0/s1. The Morgan fingerprint density at radius 2 is 1.83 bits per heavy atom. The molecule has 6 bridgehead atoms. The Morgan fingerprint density at radius 3 is 2.62 bits per heavy atom. The minimum atomic E-state index is -2.36. The van der Waals surface area contributed by atoms with Gasteiger partial charge >= 0.3 is 11.9 Å². The van der Waals surface area contributed by atoms with Crippen LogP contribution in [0.15, 0.2) is 79.3 Å². The van der Waals surface area contributed by atoms with Gasteiger partial charge in [0.25, 0.3) is 0 Å². The lowest BCUT2D eigenvalue weighted by atomic mass is 9.56. The van der Waals surface area contributed by atoms with Gasteiger partial charge in [0.05, 0.1) is 29.7 Å². The summed E-state index contributed by atoms with van der Waals surface area (Å²) < 4.78 is 47.5. The second-order valence-electron chi connectivity index (χ2n) is 19.2. The lowest BCUT2D eigenvalue weighted by Crippen LogP contribution is -2.85. The van der Waals surface area contributed by atoms with E-state index in [1.807, 2.05) is 53.2 Å². The lowest BCUT2D eigenvalue weighted by Gasteiger charge is -2.64. The topological polar surface area (TPSA) is 299 Å². The molecule has 1 aliphatic carbocycles. The van der Waals surface area contributed by atoms with E-state index in [9.17, 15) is 45.3 Å². The Balaban J connectivity index is 1.07. The Labute approximate surface area is 404 Å². The number of esters is 1. The molecule has 8 heterocycles. The summed E-state index contributed by atoms with van der Waals surface area (Å²) in [5.74, 6) is 2.55. The van der Waals surface area contributed by atoms with Crippen LogP contribution in [-0.2, 0) is 38.6 Å². The molecule has 12 rings (SSSR count). The van der Waals surface area contributed by atoms with Crippen LogP contribution in [0.5, 0.6) is 28.7 Å². The molecule has 0 unspecified atom stereocenters. The number of hydrogen-bond acceptors (Lipinski definition) is 17. The number of nitrogens with one attached hydrogen (secondary N) is 2. The van der Waals surface area contributed by atoms with Gasteiger partial charge in [-0.05, 0) is 54.8 Å². The number of aliphatic carboxylic acids is 1. The second-order valence-corrected chi connectivity index (χ2v) is 19.2. The van der Waals surface area contributed by atoms with Gasteiger partial charge in [-0.25, -0.2) is 0 Å². The maximum absolute atomic E-state index is 13.1. The van der Waals surface area contributed by atoms with Gasteiger partial charge in [0, 0.05) is 53.0 Å². The molecule has 6 aliphatic heterocycles. The zero-order valence-electron chi connectivity index (χ0n) is 37.8. The Bertz CT molecular complexity index is 3070. The molecule has 2 aromatic heterocycles. The van der Waals surface area contributed by atoms with Crippen LogP contribution >= 0.6 is 0 Å². The first-order chi connectivity index (χ1) is 34.3. The number of ether oxygens (including phenoxy) is 7. The SMILES string of the molecule is N[C@H]1NC=C[C@@]2(O[C@H]3Oc4cc5c(c(Cn6cc7cc[nH]c7c6CO)c4C[C@@H]4CC[C@]2(O)[C@H](O)[C@]43O)[C@@H]2Oc3c4ccc(OCO)c3OC[C@@H](O)C#C[C@@H](c3ccccc3)[C@H](O5)[C@@H]42)[C@@H]1OC(=O)CC(=O)O. The molecule has 0 radical (unpaired) electrons. The van der Waals surface area contributed by atoms with Gasteiger partial charge in [-0.15, -0.1) is 0 Å². The van der Waals surface area contributed by atoms with E-state index >= 15 is 0 Å². The Kier molecular flexibility index (Phi) is 10.6. The molecular formula is C51H50N4O16. The largest absolute Gasteiger partial charge is 0.487 e. The lowest BCUT2D eigenvalue weighted by molar-refractivity contribution is -0.408. The smallest absolute Gasteiger partial charge is 0.317 e. The first-order valence-corrected chi connectivity index (χ1v) is 23.4. The number of carbonyl (C=O) groups excluding carboxylic acids is 1. The number of fused-ring (bicyclic) bond motifs is 6. The molecule has 2 fully saturated rings. The van der Waals surface area contributed by atoms with Crippen molar-refractivity contribution in [3.8, 4) is 40.6 Å². The molecule has 1 saturated carbocycles. The number of nitrogens with zero attached hydrogens (tertiary/aromatic N) is 1. The molecular weight excluding hydrogens is 925 g/mol. The van der Waals surface area contributed by atoms with Gasteiger partial charge in [0.15, 0.2) is 35.6 Å². The van der Waals surface area contributed by atoms with Crippen molar-refractivity contribution >= 4 is 22.8 Å². The molecule has 71 heavy (non-hydrogen) atoms. The van der Waals surface area contributed by atoms with E-state index in [0.717, 1.165) is 16.5 Å². The van der Waals surface area contributed by atoms with Gasteiger partial charge in [-0.2, -0.15) is 0 Å². The number of aliphatic hydroxyl groups is 6. The van der Waals surface area contributed by atoms with Crippen LogP contribution in [0.2, 0.25) is 0 Å². The molecule has 370 valence electrons. The number of H-pyrrole nitrogens is 1. The van der Waals surface area contributed by atoms with Crippen molar-refractivity contribution in [3.05, 3.63) is 113 Å². The highest BCUT2D eigenvalue weighted by atomic mass is 16.7. The highest BCUT2D eigenvalue weighted by Gasteiger charge is 2.77. The monoisotopic (exact) mass is 974 g/mol. The van der Waals surface area contributed by atoms with Crippen molar-refractivity contribution in [1.82, 2.24) is 14.9 Å². The zero-order chi connectivity index (χ0) is 49.1. The average Bonchev–Trinajstić information content (AvgIpc) is 4.03. The quantitative estimate of drug-likeness (QED) is 0.0432. The molecule has 3 aromatic carbocycles. The molecule has 20 heteroatoms. The molecule has 7 aliphatic rings. The predicted molar refractivity (Wildman–Crippen MR) is 244 cm³/mol. The zero-order valence-corrected chi connectivity index (χ0v) is 37.8. The number of benzene rings is 3. The molecule has 5 aromatic rings. The average molecular weight is 975 g/mol.